The molecule has 21 heavy (non-hydrogen) atoms. The molecule has 0 saturated heterocycles. The summed E-state index contributed by atoms with van der Waals surface area (Å²) in [7, 11) is 3.61. The third-order valence-corrected chi connectivity index (χ3v) is 4.91. The van der Waals surface area contributed by atoms with Crippen LogP contribution in [0, 0.1) is 6.92 Å². The predicted octanol–water partition coefficient (Wildman–Crippen LogP) is 2.96. The Balaban J connectivity index is 1.91. The maximum Gasteiger partial charge on any atom is 0.191 e. The number of hydrogen-bond acceptors (Lipinski definition) is 3. The average Bonchev–Trinajstić information content (AvgIpc) is 2.98. The second-order valence-electron chi connectivity index (χ2n) is 4.47. The molecule has 2 rings (SSSR count). The van der Waals surface area contributed by atoms with Crippen LogP contribution in [0.15, 0.2) is 16.6 Å². The zero-order valence-electron chi connectivity index (χ0n) is 12.1. The van der Waals surface area contributed by atoms with Crippen LogP contribution in [0.25, 0.3) is 0 Å². The zero-order valence-corrected chi connectivity index (χ0v) is 14.4. The molecule has 0 saturated carbocycles. The highest BCUT2D eigenvalue weighted by atomic mass is 35.5. The topological polar surface area (TPSA) is 54.2 Å². The summed E-state index contributed by atoms with van der Waals surface area (Å²) in [5, 5.41) is 7.59. The van der Waals surface area contributed by atoms with Crippen LogP contribution < -0.4 is 10.6 Å². The molecule has 0 fully saturated rings. The van der Waals surface area contributed by atoms with Gasteiger partial charge in [0.2, 0.25) is 0 Å². The van der Waals surface area contributed by atoms with E-state index in [4.69, 9.17) is 23.2 Å². The van der Waals surface area contributed by atoms with Crippen LogP contribution in [-0.4, -0.2) is 22.6 Å². The van der Waals surface area contributed by atoms with E-state index in [0.29, 0.717) is 23.3 Å². The smallest absolute Gasteiger partial charge is 0.191 e. The fraction of sp³-hybridized carbons (Fsp3) is 0.385. The van der Waals surface area contributed by atoms with E-state index in [-0.39, 0.29) is 0 Å². The Labute approximate surface area is 138 Å². The number of nitrogens with one attached hydrogen (secondary N) is 2. The van der Waals surface area contributed by atoms with Crippen molar-refractivity contribution in [3.8, 4) is 0 Å². The van der Waals surface area contributed by atoms with E-state index in [0.717, 1.165) is 17.3 Å². The summed E-state index contributed by atoms with van der Waals surface area (Å²) < 4.78 is 1.84. The maximum atomic E-state index is 6.05. The highest BCUT2D eigenvalue weighted by Crippen LogP contribution is 2.24. The molecular weight excluding hydrogens is 329 g/mol. The Bertz CT molecular complexity index is 647. The Hall–Kier alpha value is -1.24. The number of hydrogen-bond donors (Lipinski definition) is 2. The van der Waals surface area contributed by atoms with Gasteiger partial charge in [-0.1, -0.05) is 23.2 Å². The number of rotatable bonds is 4. The second kappa shape index (κ2) is 7.15. The van der Waals surface area contributed by atoms with Crippen molar-refractivity contribution in [3.05, 3.63) is 38.0 Å². The van der Waals surface area contributed by atoms with E-state index in [1.54, 1.807) is 18.4 Å². The van der Waals surface area contributed by atoms with Crippen LogP contribution in [-0.2, 0) is 20.1 Å². The number of guanidine groups is 1. The van der Waals surface area contributed by atoms with Gasteiger partial charge in [-0.2, -0.15) is 0 Å². The number of thiazole rings is 1. The molecule has 0 unspecified atom stereocenters. The summed E-state index contributed by atoms with van der Waals surface area (Å²) in [6.07, 6.45) is 0. The van der Waals surface area contributed by atoms with Gasteiger partial charge in [-0.25, -0.2) is 4.98 Å². The van der Waals surface area contributed by atoms with E-state index < -0.39 is 0 Å². The minimum atomic E-state index is 0.539. The number of aliphatic imine (C=N–C) groups is 1. The molecule has 0 bridgehead atoms. The minimum absolute atomic E-state index is 0.539. The van der Waals surface area contributed by atoms with Crippen LogP contribution in [0.3, 0.4) is 0 Å². The lowest BCUT2D eigenvalue weighted by Gasteiger charge is -2.12. The van der Waals surface area contributed by atoms with E-state index in [1.165, 1.54) is 4.88 Å². The zero-order chi connectivity index (χ0) is 15.4. The first-order chi connectivity index (χ1) is 10.0. The molecule has 0 aliphatic carbocycles. The highest BCUT2D eigenvalue weighted by Gasteiger charge is 2.09. The standard InChI is InChI=1S/C13H17Cl2N5S/c1-8-11(21-7-19-8)6-18-13(16-2)17-5-9-4-10(14)12(15)20(9)3/h4,7H,5-6H2,1-3H3,(H2,16,17,18). The fourth-order valence-electron chi connectivity index (χ4n) is 1.81. The first-order valence-electron chi connectivity index (χ1n) is 6.36. The molecule has 8 heteroatoms. The van der Waals surface area contributed by atoms with Crippen molar-refractivity contribution in [2.45, 2.75) is 20.0 Å². The lowest BCUT2D eigenvalue weighted by atomic mass is 10.4. The molecule has 2 N–H and O–H groups in total. The number of nitrogens with zero attached hydrogens (tertiary/aromatic N) is 3. The molecule has 0 aromatic carbocycles. The van der Waals surface area contributed by atoms with Crippen molar-refractivity contribution in [2.24, 2.45) is 12.0 Å². The van der Waals surface area contributed by atoms with Gasteiger partial charge in [0.15, 0.2) is 5.96 Å². The Morgan fingerprint density at radius 3 is 2.62 bits per heavy atom. The third kappa shape index (κ3) is 3.90. The summed E-state index contributed by atoms with van der Waals surface area (Å²) in [6.45, 7) is 3.28. The van der Waals surface area contributed by atoms with Crippen molar-refractivity contribution < 1.29 is 0 Å². The van der Waals surface area contributed by atoms with Crippen LogP contribution in [0.2, 0.25) is 10.2 Å². The van der Waals surface area contributed by atoms with E-state index in [2.05, 4.69) is 20.6 Å². The van der Waals surface area contributed by atoms with Crippen molar-refractivity contribution >= 4 is 40.5 Å². The normalized spacial score (nSPS) is 11.8. The summed E-state index contributed by atoms with van der Waals surface area (Å²) >= 11 is 13.7. The van der Waals surface area contributed by atoms with Gasteiger partial charge in [0, 0.05) is 24.7 Å². The van der Waals surface area contributed by atoms with Crippen molar-refractivity contribution in [1.29, 1.82) is 0 Å². The molecular formula is C13H17Cl2N5S. The number of halogens is 2. The van der Waals surface area contributed by atoms with Gasteiger partial charge >= 0.3 is 0 Å². The van der Waals surface area contributed by atoms with Gasteiger partial charge in [0.1, 0.15) is 5.15 Å². The molecule has 114 valence electrons. The molecule has 2 aromatic rings. The molecule has 0 amide bonds. The average molecular weight is 346 g/mol. The summed E-state index contributed by atoms with van der Waals surface area (Å²) in [4.78, 5) is 9.62. The Morgan fingerprint density at radius 2 is 2.10 bits per heavy atom. The van der Waals surface area contributed by atoms with E-state index >= 15 is 0 Å². The van der Waals surface area contributed by atoms with Crippen LogP contribution >= 0.6 is 34.5 Å². The Morgan fingerprint density at radius 1 is 1.38 bits per heavy atom. The number of aryl methyl sites for hydroxylation is 1. The predicted molar refractivity (Wildman–Crippen MR) is 89.3 cm³/mol. The van der Waals surface area contributed by atoms with E-state index in [1.807, 2.05) is 30.1 Å². The largest absolute Gasteiger partial charge is 0.351 e. The van der Waals surface area contributed by atoms with Crippen molar-refractivity contribution in [2.75, 3.05) is 7.05 Å². The lowest BCUT2D eigenvalue weighted by molar-refractivity contribution is 0.751. The monoisotopic (exact) mass is 345 g/mol. The Kier molecular flexibility index (Phi) is 5.50. The lowest BCUT2D eigenvalue weighted by Crippen LogP contribution is -2.36. The van der Waals surface area contributed by atoms with Crippen LogP contribution in [0.1, 0.15) is 16.3 Å². The minimum Gasteiger partial charge on any atom is -0.351 e. The second-order valence-corrected chi connectivity index (χ2v) is 6.18. The molecule has 0 spiro atoms. The molecule has 0 aliphatic heterocycles. The molecule has 2 aromatic heterocycles. The maximum absolute atomic E-state index is 6.05. The van der Waals surface area contributed by atoms with Gasteiger partial charge in [-0.3, -0.25) is 4.99 Å². The van der Waals surface area contributed by atoms with Crippen LogP contribution in [0.4, 0.5) is 0 Å². The highest BCUT2D eigenvalue weighted by molar-refractivity contribution is 7.09. The first kappa shape index (κ1) is 16.1. The van der Waals surface area contributed by atoms with E-state index in [9.17, 15) is 0 Å². The van der Waals surface area contributed by atoms with Crippen molar-refractivity contribution in [3.63, 3.8) is 0 Å². The molecule has 0 radical (unpaired) electrons. The summed E-state index contributed by atoms with van der Waals surface area (Å²) in [5.74, 6) is 0.719. The SMILES string of the molecule is CN=C(NCc1scnc1C)NCc1cc(Cl)c(Cl)n1C. The first-order valence-corrected chi connectivity index (χ1v) is 7.99. The summed E-state index contributed by atoms with van der Waals surface area (Å²) in [6, 6.07) is 1.84. The molecule has 0 atom stereocenters. The van der Waals surface area contributed by atoms with Crippen molar-refractivity contribution in [1.82, 2.24) is 20.2 Å². The summed E-state index contributed by atoms with van der Waals surface area (Å²) in [5.41, 5.74) is 3.88. The molecule has 5 nitrogen and oxygen atoms in total. The third-order valence-electron chi connectivity index (χ3n) is 3.14. The van der Waals surface area contributed by atoms with Gasteiger partial charge in [0.25, 0.3) is 0 Å². The molecule has 2 heterocycles. The fourth-order valence-corrected chi connectivity index (χ4v) is 2.95. The quantitative estimate of drug-likeness (QED) is 0.661. The van der Waals surface area contributed by atoms with Crippen LogP contribution in [0.5, 0.6) is 0 Å². The van der Waals surface area contributed by atoms with Gasteiger partial charge < -0.3 is 15.2 Å². The molecule has 0 aliphatic rings. The van der Waals surface area contributed by atoms with Gasteiger partial charge in [-0.15, -0.1) is 11.3 Å². The van der Waals surface area contributed by atoms with Gasteiger partial charge in [-0.05, 0) is 13.0 Å². The number of aromatic nitrogens is 2. The van der Waals surface area contributed by atoms with Gasteiger partial charge in [0.05, 0.1) is 29.3 Å².